The van der Waals surface area contributed by atoms with E-state index in [4.69, 9.17) is 4.74 Å². The van der Waals surface area contributed by atoms with Gasteiger partial charge in [0.15, 0.2) is 0 Å². The molecule has 5 aromatic rings. The number of ether oxygens (including phenoxy) is 1. The first-order chi connectivity index (χ1) is 25.3. The zero-order chi connectivity index (χ0) is 39.2. The van der Waals surface area contributed by atoms with Crippen molar-refractivity contribution >= 4 is 87.1 Å². The molecule has 0 bridgehead atoms. The van der Waals surface area contributed by atoms with Crippen LogP contribution in [-0.4, -0.2) is 62.6 Å². The van der Waals surface area contributed by atoms with Crippen LogP contribution in [0.5, 0.6) is 11.5 Å². The van der Waals surface area contributed by atoms with Gasteiger partial charge in [0.25, 0.3) is 0 Å². The summed E-state index contributed by atoms with van der Waals surface area (Å²) in [6, 6.07) is 19.4. The summed E-state index contributed by atoms with van der Waals surface area (Å²) in [5, 5.41) is 25.2. The van der Waals surface area contributed by atoms with Gasteiger partial charge >= 0.3 is 88.7 Å². The van der Waals surface area contributed by atoms with E-state index >= 15 is 0 Å². The molecule has 3 N–H and O–H groups in total. The number of nitrogens with one attached hydrogen (secondary N) is 2. The average molecular weight is 860 g/mol. The summed E-state index contributed by atoms with van der Waals surface area (Å²) in [6.45, 7) is 1.54. The van der Waals surface area contributed by atoms with Crippen LogP contribution in [0.25, 0.3) is 16.8 Å². The molecule has 0 unspecified atom stereocenters. The van der Waals surface area contributed by atoms with E-state index in [-0.39, 0.29) is 133 Å². The minimum absolute atomic E-state index is 0. The summed E-state index contributed by atoms with van der Waals surface area (Å²) in [7, 11) is -14.2. The van der Waals surface area contributed by atoms with Crippen molar-refractivity contribution in [1.29, 1.82) is 0 Å². The smallest absolute Gasteiger partial charge is 0.744 e. The number of Topliss-reactive ketones (excluding diaryl/α,β-unsaturated/α-hetero) is 1. The maximum atomic E-state index is 13.5. The molecule has 0 atom stereocenters. The van der Waals surface area contributed by atoms with E-state index < -0.39 is 62.3 Å². The van der Waals surface area contributed by atoms with Gasteiger partial charge in [0.1, 0.15) is 47.6 Å². The Bertz CT molecular complexity index is 2830. The number of anilines is 3. The first-order valence-corrected chi connectivity index (χ1v) is 19.4. The fourth-order valence-corrected chi connectivity index (χ4v) is 7.15. The summed E-state index contributed by atoms with van der Waals surface area (Å²) in [4.78, 5) is 10.9. The second kappa shape index (κ2) is 18.9. The second-order valence-electron chi connectivity index (χ2n) is 11.6. The number of methoxy groups -OCH3 is 1. The number of allylic oxidation sites excluding steroid dienone is 1. The number of azo groups is 1. The third-order valence-electron chi connectivity index (χ3n) is 7.97. The Balaban J connectivity index is 0.00000290. The van der Waals surface area contributed by atoms with Crippen molar-refractivity contribution in [3.63, 3.8) is 0 Å². The fourth-order valence-electron chi connectivity index (χ4n) is 5.45. The Kier molecular flexibility index (Phi) is 16.0. The van der Waals surface area contributed by atoms with Gasteiger partial charge in [-0.1, -0.05) is 18.2 Å². The van der Waals surface area contributed by atoms with E-state index in [0.29, 0.717) is 17.3 Å². The van der Waals surface area contributed by atoms with Gasteiger partial charge in [0.2, 0.25) is 5.78 Å². The van der Waals surface area contributed by atoms with Gasteiger partial charge in [-0.2, -0.15) is 10.2 Å². The van der Waals surface area contributed by atoms with E-state index in [1.807, 2.05) is 18.2 Å². The van der Waals surface area contributed by atoms with Crippen LogP contribution < -0.4 is 104 Å². The number of phenolic OH excluding ortho intramolecular Hbond substituents is 1. The molecule has 0 saturated carbocycles. The third kappa shape index (κ3) is 11.0. The molecule has 0 radical (unpaired) electrons. The SMILES string of the molecule is COc1cc(N=Nc2cc(S(=O)(=O)[O-])cc3cc(S(=O)(=O)[O-])cc(O)c23)c(C)cc1N/N=C1/C(=O)c2ccc(Nc3ccccc3)cc2C=C1S(=O)(=O)[O-].[Na+].[Na+].[Na+]. The number of fused-ring (bicyclic) bond motifs is 2. The first-order valence-electron chi connectivity index (χ1n) is 15.2. The van der Waals surface area contributed by atoms with Crippen molar-refractivity contribution in [2.75, 3.05) is 17.9 Å². The van der Waals surface area contributed by atoms with E-state index in [2.05, 4.69) is 26.1 Å². The van der Waals surface area contributed by atoms with E-state index in [1.165, 1.54) is 31.4 Å². The van der Waals surface area contributed by atoms with Crippen LogP contribution in [0, 0.1) is 6.92 Å². The molecule has 5 aromatic carbocycles. The predicted octanol–water partition coefficient (Wildman–Crippen LogP) is -3.61. The number of carbonyl (C=O) groups excluding carboxylic acids is 1. The van der Waals surface area contributed by atoms with Gasteiger partial charge in [-0.3, -0.25) is 10.2 Å². The maximum absolute atomic E-state index is 13.5. The molecule has 6 rings (SSSR count). The molecule has 0 saturated heterocycles. The fraction of sp³-hybridized carbons (Fsp3) is 0.0588. The zero-order valence-electron chi connectivity index (χ0n) is 30.7. The second-order valence-corrected chi connectivity index (χ2v) is 15.7. The molecule has 17 nitrogen and oxygen atoms in total. The van der Waals surface area contributed by atoms with Crippen molar-refractivity contribution in [3.8, 4) is 11.5 Å². The molecule has 57 heavy (non-hydrogen) atoms. The van der Waals surface area contributed by atoms with Crippen LogP contribution in [0.3, 0.4) is 0 Å². The Morgan fingerprint density at radius 3 is 1.93 bits per heavy atom. The Labute approximate surface area is 392 Å². The molecular formula is C34H24N5Na3O12S3. The van der Waals surface area contributed by atoms with Crippen LogP contribution in [0.2, 0.25) is 0 Å². The maximum Gasteiger partial charge on any atom is 1.00 e. The van der Waals surface area contributed by atoms with Crippen LogP contribution in [0.1, 0.15) is 21.5 Å². The summed E-state index contributed by atoms with van der Waals surface area (Å²) in [5.41, 5.74) is 3.52. The number of hydrazone groups is 1. The number of carbonyl (C=O) groups is 1. The largest absolute Gasteiger partial charge is 1.00 e. The van der Waals surface area contributed by atoms with Crippen molar-refractivity contribution in [2.24, 2.45) is 15.3 Å². The molecule has 0 aromatic heterocycles. The summed E-state index contributed by atoms with van der Waals surface area (Å²) in [6.07, 6.45) is 1.05. The summed E-state index contributed by atoms with van der Waals surface area (Å²) < 4.78 is 113. The van der Waals surface area contributed by atoms with Gasteiger partial charge in [-0.25, -0.2) is 25.3 Å². The predicted molar refractivity (Wildman–Crippen MR) is 193 cm³/mol. The van der Waals surface area contributed by atoms with Crippen LogP contribution >= 0.6 is 0 Å². The Morgan fingerprint density at radius 2 is 1.33 bits per heavy atom. The molecule has 0 heterocycles. The Hall–Kier alpha value is -3.03. The molecule has 1 aliphatic rings. The molecular weight excluding hydrogens is 836 g/mol. The number of rotatable bonds is 10. The summed E-state index contributed by atoms with van der Waals surface area (Å²) >= 11 is 0. The average Bonchev–Trinajstić information content (AvgIpc) is 3.09. The van der Waals surface area contributed by atoms with Gasteiger partial charge in [0.05, 0.1) is 44.3 Å². The Morgan fingerprint density at radius 1 is 0.719 bits per heavy atom. The minimum atomic E-state index is -5.21. The number of para-hydroxylation sites is 1. The van der Waals surface area contributed by atoms with Crippen LogP contribution in [0.15, 0.2) is 115 Å². The number of ketones is 1. The molecule has 0 fully saturated rings. The number of benzene rings is 5. The van der Waals surface area contributed by atoms with Gasteiger partial charge < -0.3 is 28.8 Å². The van der Waals surface area contributed by atoms with E-state index in [0.717, 1.165) is 30.0 Å². The van der Waals surface area contributed by atoms with E-state index in [1.54, 1.807) is 25.1 Å². The van der Waals surface area contributed by atoms with Gasteiger partial charge in [0, 0.05) is 23.0 Å². The number of nitrogens with zero attached hydrogens (tertiary/aromatic N) is 3. The van der Waals surface area contributed by atoms with Crippen LogP contribution in [0.4, 0.5) is 28.4 Å². The molecule has 23 heteroatoms. The van der Waals surface area contributed by atoms with Crippen molar-refractivity contribution in [1.82, 2.24) is 0 Å². The molecule has 0 amide bonds. The monoisotopic (exact) mass is 859 g/mol. The van der Waals surface area contributed by atoms with Crippen LogP contribution in [-0.2, 0) is 30.4 Å². The molecule has 1 aliphatic carbocycles. The standard InChI is InChI=1S/C34H27N5O12S3.3Na/c1-18-10-27(37-39-33-31(54(48,49)50)14-19-11-22(8-9-25(19)34(33)41)35-21-6-4-3-5-7-21)30(51-2)17-26(18)36-38-28-15-23(52(42,43)44)12-20-13-24(53(45,46)47)16-29(40)32(20)28;;;/h3-17,35,37,40H,1-2H3,(H,42,43,44)(H,45,46,47)(H,48,49,50);;;/q;3*+1/p-3/b38-36?,39-33+;;;. The number of hydrogen-bond donors (Lipinski definition) is 3. The number of hydrogen-bond acceptors (Lipinski definition) is 17. The normalized spacial score (nSPS) is 13.5. The van der Waals surface area contributed by atoms with Gasteiger partial charge in [-0.15, -0.1) is 5.11 Å². The number of aryl methyl sites for hydroxylation is 1. The first kappa shape index (κ1) is 48.3. The van der Waals surface area contributed by atoms with E-state index in [9.17, 15) is 48.8 Å². The third-order valence-corrected chi connectivity index (χ3v) is 10.4. The minimum Gasteiger partial charge on any atom is -0.744 e. The van der Waals surface area contributed by atoms with Crippen molar-refractivity contribution in [3.05, 3.63) is 107 Å². The van der Waals surface area contributed by atoms with Crippen molar-refractivity contribution < 1.29 is 142 Å². The molecule has 0 spiro atoms. The van der Waals surface area contributed by atoms with Gasteiger partial charge in [-0.05, 0) is 90.2 Å². The zero-order valence-corrected chi connectivity index (χ0v) is 39.1. The number of aromatic hydroxyl groups is 1. The van der Waals surface area contributed by atoms with Crippen molar-refractivity contribution in [2.45, 2.75) is 16.7 Å². The topological polar surface area (TPSA) is 279 Å². The quantitative estimate of drug-likeness (QED) is 0.0530. The summed E-state index contributed by atoms with van der Waals surface area (Å²) in [5.74, 6) is -1.60. The number of phenols is 1. The molecule has 278 valence electrons. The molecule has 0 aliphatic heterocycles.